The molecule has 0 aliphatic rings. The Bertz CT molecular complexity index is 608. The first kappa shape index (κ1) is 13.6. The van der Waals surface area contributed by atoms with Crippen LogP contribution in [0.5, 0.6) is 0 Å². The Morgan fingerprint density at radius 3 is 2.79 bits per heavy atom. The van der Waals surface area contributed by atoms with Crippen LogP contribution in [0.15, 0.2) is 34.7 Å². The van der Waals surface area contributed by atoms with E-state index in [4.69, 9.17) is 16.0 Å². The van der Waals surface area contributed by atoms with Crippen LogP contribution in [0.3, 0.4) is 0 Å². The van der Waals surface area contributed by atoms with Gasteiger partial charge in [0.15, 0.2) is 0 Å². The molecule has 100 valence electrons. The molecular weight excluding hydrogens is 275 g/mol. The minimum atomic E-state index is -1.14. The summed E-state index contributed by atoms with van der Waals surface area (Å²) in [6.45, 7) is 0. The zero-order valence-corrected chi connectivity index (χ0v) is 10.6. The van der Waals surface area contributed by atoms with Crippen LogP contribution in [0.1, 0.15) is 28.0 Å². The molecule has 1 unspecified atom stereocenters. The molecule has 1 N–H and O–H groups in total. The van der Waals surface area contributed by atoms with Crippen LogP contribution in [0.2, 0.25) is 5.02 Å². The van der Waals surface area contributed by atoms with Crippen LogP contribution in [-0.4, -0.2) is 18.2 Å². The molecule has 6 heteroatoms. The molecule has 2 rings (SSSR count). The van der Waals surface area contributed by atoms with Crippen molar-refractivity contribution in [2.75, 3.05) is 7.11 Å². The smallest absolute Gasteiger partial charge is 0.373 e. The summed E-state index contributed by atoms with van der Waals surface area (Å²) in [7, 11) is 1.22. The van der Waals surface area contributed by atoms with Crippen molar-refractivity contribution in [1.82, 2.24) is 0 Å². The predicted octanol–water partition coefficient (Wildman–Crippen LogP) is 2.94. The fourth-order valence-electron chi connectivity index (χ4n) is 1.56. The van der Waals surface area contributed by atoms with Crippen LogP contribution >= 0.6 is 11.6 Å². The number of hydrogen-bond donors (Lipinski definition) is 1. The van der Waals surface area contributed by atoms with Gasteiger partial charge in [0.2, 0.25) is 5.76 Å². The van der Waals surface area contributed by atoms with Gasteiger partial charge in [-0.3, -0.25) is 0 Å². The number of halogens is 2. The Kier molecular flexibility index (Phi) is 3.87. The second-order valence-electron chi connectivity index (χ2n) is 3.77. The van der Waals surface area contributed by atoms with Crippen LogP contribution < -0.4 is 0 Å². The van der Waals surface area contributed by atoms with Crippen molar-refractivity contribution in [3.8, 4) is 0 Å². The normalized spacial score (nSPS) is 12.2. The number of aliphatic hydroxyl groups is 1. The Balaban J connectivity index is 2.28. The van der Waals surface area contributed by atoms with Crippen molar-refractivity contribution in [3.05, 3.63) is 58.3 Å². The lowest BCUT2D eigenvalue weighted by Crippen LogP contribution is -2.00. The number of ether oxygens (including phenoxy) is 1. The average molecular weight is 285 g/mol. The third-order valence-electron chi connectivity index (χ3n) is 2.54. The van der Waals surface area contributed by atoms with Crippen molar-refractivity contribution < 1.29 is 23.4 Å². The molecule has 4 nitrogen and oxygen atoms in total. The fraction of sp³-hybridized carbons (Fsp3) is 0.154. The monoisotopic (exact) mass is 284 g/mol. The van der Waals surface area contributed by atoms with E-state index in [0.717, 1.165) is 6.07 Å². The van der Waals surface area contributed by atoms with Crippen molar-refractivity contribution in [1.29, 1.82) is 0 Å². The van der Waals surface area contributed by atoms with E-state index < -0.39 is 17.9 Å². The molecule has 1 aromatic heterocycles. The molecular formula is C13H10ClFO4. The summed E-state index contributed by atoms with van der Waals surface area (Å²) in [5.74, 6) is -1.10. The predicted molar refractivity (Wildman–Crippen MR) is 65.5 cm³/mol. The molecule has 0 aliphatic heterocycles. The molecule has 1 heterocycles. The van der Waals surface area contributed by atoms with Gasteiger partial charge >= 0.3 is 5.97 Å². The molecule has 0 saturated heterocycles. The largest absolute Gasteiger partial charge is 0.463 e. The maximum Gasteiger partial charge on any atom is 0.373 e. The summed E-state index contributed by atoms with van der Waals surface area (Å²) >= 11 is 5.63. The zero-order valence-electron chi connectivity index (χ0n) is 9.89. The molecule has 0 amide bonds. The first-order valence-electron chi connectivity index (χ1n) is 5.34. The van der Waals surface area contributed by atoms with Gasteiger partial charge in [-0.1, -0.05) is 17.7 Å². The van der Waals surface area contributed by atoms with E-state index in [2.05, 4.69) is 4.74 Å². The van der Waals surface area contributed by atoms with E-state index >= 15 is 0 Å². The highest BCUT2D eigenvalue weighted by molar-refractivity contribution is 6.30. The third-order valence-corrected chi connectivity index (χ3v) is 2.83. The maximum absolute atomic E-state index is 13.0. The van der Waals surface area contributed by atoms with Gasteiger partial charge in [0.05, 0.1) is 12.1 Å². The van der Waals surface area contributed by atoms with Gasteiger partial charge in [0.25, 0.3) is 0 Å². The number of furan rings is 1. The molecule has 0 aliphatic carbocycles. The number of carbonyl (C=O) groups is 1. The Hall–Kier alpha value is -1.85. The summed E-state index contributed by atoms with van der Waals surface area (Å²) in [4.78, 5) is 11.2. The van der Waals surface area contributed by atoms with Crippen LogP contribution in [-0.2, 0) is 4.74 Å². The molecule has 0 bridgehead atoms. The number of methoxy groups -OCH3 is 1. The lowest BCUT2D eigenvalue weighted by atomic mass is 10.1. The standard InChI is InChI=1S/C13H10ClFO4/c1-18-13(17)11-5-4-10(19-11)12(16)7-2-3-9(15)8(14)6-7/h2-6,12,16H,1H3. The Labute approximate surface area is 113 Å². The molecule has 19 heavy (non-hydrogen) atoms. The molecule has 0 fully saturated rings. The molecule has 0 spiro atoms. The molecule has 1 atom stereocenters. The SMILES string of the molecule is COC(=O)c1ccc(C(O)c2ccc(F)c(Cl)c2)o1. The Morgan fingerprint density at radius 1 is 1.42 bits per heavy atom. The lowest BCUT2D eigenvalue weighted by Gasteiger charge is -2.08. The zero-order chi connectivity index (χ0) is 14.0. The van der Waals surface area contributed by atoms with Gasteiger partial charge in [0.1, 0.15) is 17.7 Å². The van der Waals surface area contributed by atoms with Gasteiger partial charge in [0, 0.05) is 0 Å². The highest BCUT2D eigenvalue weighted by Gasteiger charge is 2.19. The van der Waals surface area contributed by atoms with Gasteiger partial charge in [-0.05, 0) is 29.8 Å². The average Bonchev–Trinajstić information content (AvgIpc) is 2.89. The lowest BCUT2D eigenvalue weighted by molar-refractivity contribution is 0.0558. The van der Waals surface area contributed by atoms with E-state index in [1.807, 2.05) is 0 Å². The first-order valence-corrected chi connectivity index (χ1v) is 5.71. The van der Waals surface area contributed by atoms with Crippen molar-refractivity contribution in [3.63, 3.8) is 0 Å². The highest BCUT2D eigenvalue weighted by atomic mass is 35.5. The second-order valence-corrected chi connectivity index (χ2v) is 4.18. The fourth-order valence-corrected chi connectivity index (χ4v) is 1.75. The van der Waals surface area contributed by atoms with Gasteiger partial charge in [-0.15, -0.1) is 0 Å². The Morgan fingerprint density at radius 2 is 2.16 bits per heavy atom. The van der Waals surface area contributed by atoms with Crippen molar-refractivity contribution in [2.24, 2.45) is 0 Å². The van der Waals surface area contributed by atoms with E-state index in [1.165, 1.54) is 31.4 Å². The minimum Gasteiger partial charge on any atom is -0.463 e. The summed E-state index contributed by atoms with van der Waals surface area (Å²) in [5.41, 5.74) is 0.358. The number of carbonyl (C=O) groups excluding carboxylic acids is 1. The van der Waals surface area contributed by atoms with E-state index in [9.17, 15) is 14.3 Å². The quantitative estimate of drug-likeness (QED) is 0.880. The summed E-state index contributed by atoms with van der Waals surface area (Å²) in [5, 5.41) is 9.95. The van der Waals surface area contributed by atoms with E-state index in [0.29, 0.717) is 5.56 Å². The summed E-state index contributed by atoms with van der Waals surface area (Å²) < 4.78 is 22.7. The number of aliphatic hydroxyl groups excluding tert-OH is 1. The van der Waals surface area contributed by atoms with E-state index in [1.54, 1.807) is 0 Å². The molecule has 0 saturated carbocycles. The summed E-state index contributed by atoms with van der Waals surface area (Å²) in [6, 6.07) is 6.64. The second kappa shape index (κ2) is 5.42. The number of esters is 1. The van der Waals surface area contributed by atoms with Crippen LogP contribution in [0.25, 0.3) is 0 Å². The minimum absolute atomic E-state index is 0.0234. The van der Waals surface area contributed by atoms with E-state index in [-0.39, 0.29) is 16.5 Å². The highest BCUT2D eigenvalue weighted by Crippen LogP contribution is 2.27. The van der Waals surface area contributed by atoms with Crippen molar-refractivity contribution in [2.45, 2.75) is 6.10 Å². The maximum atomic E-state index is 13.0. The molecule has 2 aromatic rings. The third kappa shape index (κ3) is 2.77. The number of rotatable bonds is 3. The molecule has 0 radical (unpaired) electrons. The number of benzene rings is 1. The number of hydrogen-bond acceptors (Lipinski definition) is 4. The van der Waals surface area contributed by atoms with Gasteiger partial charge < -0.3 is 14.3 Å². The summed E-state index contributed by atoms with van der Waals surface area (Å²) in [6.07, 6.45) is -1.14. The van der Waals surface area contributed by atoms with Crippen LogP contribution in [0.4, 0.5) is 4.39 Å². The van der Waals surface area contributed by atoms with Crippen LogP contribution in [0, 0.1) is 5.82 Å². The first-order chi connectivity index (χ1) is 9.02. The van der Waals surface area contributed by atoms with Gasteiger partial charge in [-0.2, -0.15) is 0 Å². The molecule has 1 aromatic carbocycles. The topological polar surface area (TPSA) is 59.7 Å². The van der Waals surface area contributed by atoms with Crippen molar-refractivity contribution >= 4 is 17.6 Å². The van der Waals surface area contributed by atoms with Gasteiger partial charge in [-0.25, -0.2) is 9.18 Å².